The lowest BCUT2D eigenvalue weighted by Gasteiger charge is -2.33. The molecule has 25 heavy (non-hydrogen) atoms. The highest BCUT2D eigenvalue weighted by Gasteiger charge is 2.26. The molecular weight excluding hydrogens is 356 g/mol. The van der Waals surface area contributed by atoms with Gasteiger partial charge in [-0.2, -0.15) is 5.10 Å². The number of hydrogen-bond acceptors (Lipinski definition) is 4. The van der Waals surface area contributed by atoms with Crippen LogP contribution in [0.2, 0.25) is 5.02 Å². The van der Waals surface area contributed by atoms with Crippen LogP contribution in [-0.2, 0) is 0 Å². The van der Waals surface area contributed by atoms with Crippen LogP contribution in [0.4, 0.5) is 0 Å². The van der Waals surface area contributed by atoms with E-state index in [1.165, 1.54) is 11.3 Å². The highest BCUT2D eigenvalue weighted by atomic mass is 35.5. The van der Waals surface area contributed by atoms with E-state index in [2.05, 4.69) is 17.3 Å². The zero-order valence-corrected chi connectivity index (χ0v) is 15.7. The first-order valence-electron chi connectivity index (χ1n) is 8.31. The molecule has 1 fully saturated rings. The summed E-state index contributed by atoms with van der Waals surface area (Å²) in [7, 11) is 0. The van der Waals surface area contributed by atoms with Crippen LogP contribution in [0.1, 0.15) is 22.3 Å². The lowest BCUT2D eigenvalue weighted by molar-refractivity contribution is 0.0661. The van der Waals surface area contributed by atoms with Crippen LogP contribution >= 0.6 is 22.9 Å². The average Bonchev–Trinajstić information content (AvgIpc) is 3.17. The fourth-order valence-corrected chi connectivity index (χ4v) is 4.46. The van der Waals surface area contributed by atoms with E-state index in [0.717, 1.165) is 46.1 Å². The maximum Gasteiger partial charge on any atom is 0.264 e. The molecule has 4 rings (SSSR count). The van der Waals surface area contributed by atoms with E-state index in [0.29, 0.717) is 5.02 Å². The number of rotatable bonds is 2. The summed E-state index contributed by atoms with van der Waals surface area (Å²) in [5.41, 5.74) is 1.87. The Morgan fingerprint density at radius 3 is 2.84 bits per heavy atom. The van der Waals surface area contributed by atoms with Crippen molar-refractivity contribution in [3.05, 3.63) is 45.9 Å². The summed E-state index contributed by atoms with van der Waals surface area (Å²) in [5.74, 6) is 0.109. The van der Waals surface area contributed by atoms with Crippen molar-refractivity contribution < 1.29 is 4.79 Å². The van der Waals surface area contributed by atoms with Crippen molar-refractivity contribution in [1.29, 1.82) is 0 Å². The van der Waals surface area contributed by atoms with Gasteiger partial charge in [-0.1, -0.05) is 11.6 Å². The average molecular weight is 375 g/mol. The molecule has 130 valence electrons. The van der Waals surface area contributed by atoms with Crippen molar-refractivity contribution in [3.8, 4) is 5.69 Å². The van der Waals surface area contributed by atoms with Gasteiger partial charge in [-0.25, -0.2) is 4.68 Å². The van der Waals surface area contributed by atoms with Crippen LogP contribution < -0.4 is 5.32 Å². The molecule has 1 N–H and O–H groups in total. The number of benzene rings is 1. The van der Waals surface area contributed by atoms with Crippen molar-refractivity contribution in [3.63, 3.8) is 0 Å². The van der Waals surface area contributed by atoms with E-state index < -0.39 is 0 Å². The fourth-order valence-electron chi connectivity index (χ4n) is 3.19. The molecule has 0 spiro atoms. The number of piperazine rings is 1. The predicted molar refractivity (Wildman–Crippen MR) is 102 cm³/mol. The monoisotopic (exact) mass is 374 g/mol. The Morgan fingerprint density at radius 2 is 2.12 bits per heavy atom. The van der Waals surface area contributed by atoms with Gasteiger partial charge < -0.3 is 10.2 Å². The number of hydrogen-bond donors (Lipinski definition) is 1. The number of carbonyl (C=O) groups excluding carboxylic acids is 1. The third-order valence-electron chi connectivity index (χ3n) is 4.59. The first-order chi connectivity index (χ1) is 12.0. The molecule has 1 amide bonds. The van der Waals surface area contributed by atoms with Gasteiger partial charge in [-0.05, 0) is 44.2 Å². The smallest absolute Gasteiger partial charge is 0.264 e. The minimum absolute atomic E-state index is 0.109. The summed E-state index contributed by atoms with van der Waals surface area (Å²) in [6.45, 7) is 6.49. The van der Waals surface area contributed by atoms with Gasteiger partial charge in [0.2, 0.25) is 0 Å². The molecule has 3 aromatic rings. The van der Waals surface area contributed by atoms with Crippen LogP contribution in [0.5, 0.6) is 0 Å². The molecule has 1 atom stereocenters. The minimum Gasteiger partial charge on any atom is -0.333 e. The van der Waals surface area contributed by atoms with E-state index in [4.69, 9.17) is 11.6 Å². The largest absolute Gasteiger partial charge is 0.333 e. The van der Waals surface area contributed by atoms with Gasteiger partial charge in [0.05, 0.1) is 16.3 Å². The third-order valence-corrected chi connectivity index (χ3v) is 5.94. The summed E-state index contributed by atoms with van der Waals surface area (Å²) in [5, 5.41) is 9.67. The molecule has 0 saturated carbocycles. The number of amides is 1. The van der Waals surface area contributed by atoms with Crippen molar-refractivity contribution in [2.75, 3.05) is 19.6 Å². The zero-order chi connectivity index (χ0) is 17.6. The Labute approximate surface area is 155 Å². The van der Waals surface area contributed by atoms with Gasteiger partial charge in [0.15, 0.2) is 0 Å². The van der Waals surface area contributed by atoms with E-state index in [1.807, 2.05) is 46.8 Å². The Bertz CT molecular complexity index is 931. The maximum atomic E-state index is 12.9. The van der Waals surface area contributed by atoms with Crippen molar-refractivity contribution in [2.45, 2.75) is 19.9 Å². The quantitative estimate of drug-likeness (QED) is 0.747. The molecule has 0 bridgehead atoms. The molecular formula is C18H19ClN4OS. The highest BCUT2D eigenvalue weighted by Crippen LogP contribution is 2.31. The standard InChI is InChI=1S/C18H19ClN4OS/c1-11-10-20-7-8-22(11)17(24)16-9-15-12(2)21-23(18(15)25-16)14-5-3-13(19)4-6-14/h3-6,9,11,20H,7-8,10H2,1-2H3/t11-/m1/s1. The summed E-state index contributed by atoms with van der Waals surface area (Å²) in [6.07, 6.45) is 0. The van der Waals surface area contributed by atoms with Crippen molar-refractivity contribution in [2.24, 2.45) is 0 Å². The summed E-state index contributed by atoms with van der Waals surface area (Å²) in [6, 6.07) is 9.76. The van der Waals surface area contributed by atoms with Gasteiger partial charge in [0.1, 0.15) is 4.83 Å². The second-order valence-electron chi connectivity index (χ2n) is 6.35. The van der Waals surface area contributed by atoms with Gasteiger partial charge in [-0.15, -0.1) is 11.3 Å². The normalized spacial score (nSPS) is 18.0. The van der Waals surface area contributed by atoms with E-state index in [9.17, 15) is 4.79 Å². The molecule has 1 aromatic carbocycles. The minimum atomic E-state index is 0.109. The summed E-state index contributed by atoms with van der Waals surface area (Å²) >= 11 is 7.49. The number of aromatic nitrogens is 2. The van der Waals surface area contributed by atoms with Crippen LogP contribution in [-0.4, -0.2) is 46.3 Å². The highest BCUT2D eigenvalue weighted by molar-refractivity contribution is 7.20. The molecule has 2 aromatic heterocycles. The van der Waals surface area contributed by atoms with Gasteiger partial charge >= 0.3 is 0 Å². The molecule has 5 nitrogen and oxygen atoms in total. The third kappa shape index (κ3) is 2.94. The number of thiophene rings is 1. The van der Waals surface area contributed by atoms with E-state index in [-0.39, 0.29) is 11.9 Å². The Balaban J connectivity index is 1.74. The predicted octanol–water partition coefficient (Wildman–Crippen LogP) is 3.48. The fraction of sp³-hybridized carbons (Fsp3) is 0.333. The van der Waals surface area contributed by atoms with Crippen LogP contribution in [0, 0.1) is 6.92 Å². The molecule has 1 aliphatic rings. The molecule has 1 aliphatic heterocycles. The lowest BCUT2D eigenvalue weighted by atomic mass is 10.2. The van der Waals surface area contributed by atoms with Crippen molar-refractivity contribution in [1.82, 2.24) is 20.0 Å². The molecule has 0 aliphatic carbocycles. The van der Waals surface area contributed by atoms with Crippen LogP contribution in [0.15, 0.2) is 30.3 Å². The summed E-state index contributed by atoms with van der Waals surface area (Å²) in [4.78, 5) is 16.7. The Kier molecular flexibility index (Phi) is 4.27. The molecule has 7 heteroatoms. The molecule has 0 unspecified atom stereocenters. The SMILES string of the molecule is Cc1nn(-c2ccc(Cl)cc2)c2sc(C(=O)N3CCNC[C@H]3C)cc12. The maximum absolute atomic E-state index is 12.9. The lowest BCUT2D eigenvalue weighted by Crippen LogP contribution is -2.52. The molecule has 1 saturated heterocycles. The van der Waals surface area contributed by atoms with Gasteiger partial charge in [0, 0.05) is 36.1 Å². The number of nitrogens with zero attached hydrogens (tertiary/aromatic N) is 3. The van der Waals surface area contributed by atoms with Crippen molar-refractivity contribution >= 4 is 39.1 Å². The Hall–Kier alpha value is -1.89. The number of halogens is 1. The number of carbonyl (C=O) groups is 1. The number of fused-ring (bicyclic) bond motifs is 1. The molecule has 3 heterocycles. The second-order valence-corrected chi connectivity index (χ2v) is 7.82. The van der Waals surface area contributed by atoms with E-state index >= 15 is 0 Å². The van der Waals surface area contributed by atoms with Gasteiger partial charge in [0.25, 0.3) is 5.91 Å². The zero-order valence-electron chi connectivity index (χ0n) is 14.1. The summed E-state index contributed by atoms with van der Waals surface area (Å²) < 4.78 is 1.89. The van der Waals surface area contributed by atoms with E-state index in [1.54, 1.807) is 0 Å². The number of nitrogens with one attached hydrogen (secondary N) is 1. The van der Waals surface area contributed by atoms with Gasteiger partial charge in [-0.3, -0.25) is 4.79 Å². The first kappa shape index (κ1) is 16.6. The van der Waals surface area contributed by atoms with Crippen LogP contribution in [0.3, 0.4) is 0 Å². The second kappa shape index (κ2) is 6.44. The number of aryl methyl sites for hydroxylation is 1. The van der Waals surface area contributed by atoms with Crippen LogP contribution in [0.25, 0.3) is 15.9 Å². The topological polar surface area (TPSA) is 50.2 Å². The molecule has 0 radical (unpaired) electrons. The Morgan fingerprint density at radius 1 is 1.36 bits per heavy atom. The first-order valence-corrected chi connectivity index (χ1v) is 9.51.